The number of rotatable bonds is 7. The average Bonchev–Trinajstić information content (AvgIpc) is 2.42. The maximum atomic E-state index is 13.4. The molecule has 1 amide bonds. The van der Waals surface area contributed by atoms with Crippen LogP contribution in [-0.2, 0) is 14.6 Å². The van der Waals surface area contributed by atoms with Gasteiger partial charge in [0.1, 0.15) is 10.7 Å². The summed E-state index contributed by atoms with van der Waals surface area (Å²) < 4.78 is 37.4. The first-order chi connectivity index (χ1) is 9.38. The highest BCUT2D eigenvalue weighted by Crippen LogP contribution is 2.16. The van der Waals surface area contributed by atoms with Gasteiger partial charge in [0.2, 0.25) is 5.91 Å². The number of halogens is 1. The monoisotopic (exact) mass is 302 g/mol. The topological polar surface area (TPSA) is 80.5 Å². The maximum absolute atomic E-state index is 13.4. The molecule has 7 heteroatoms. The van der Waals surface area contributed by atoms with Crippen LogP contribution in [0, 0.1) is 5.82 Å². The van der Waals surface area contributed by atoms with E-state index in [9.17, 15) is 17.6 Å². The van der Waals surface area contributed by atoms with Crippen LogP contribution in [0.25, 0.3) is 0 Å². The zero-order valence-electron chi connectivity index (χ0n) is 11.4. The fourth-order valence-corrected chi connectivity index (χ4v) is 2.99. The standard InChI is InChI=1S/C13H19FN2O3S/c1-16(9-4-8-15)13(17)7-10-20(18,19)12-6-3-2-5-11(12)14/h2-3,5-6H,4,7-10,15H2,1H3. The highest BCUT2D eigenvalue weighted by Gasteiger charge is 2.21. The van der Waals surface area contributed by atoms with Gasteiger partial charge in [-0.2, -0.15) is 0 Å². The minimum Gasteiger partial charge on any atom is -0.346 e. The zero-order chi connectivity index (χ0) is 15.2. The molecule has 0 aliphatic rings. The van der Waals surface area contributed by atoms with E-state index in [0.717, 1.165) is 6.07 Å². The number of nitrogens with zero attached hydrogens (tertiary/aromatic N) is 1. The third-order valence-corrected chi connectivity index (χ3v) is 4.62. The predicted octanol–water partition coefficient (Wildman–Crippen LogP) is 0.797. The molecule has 112 valence electrons. The molecule has 1 rings (SSSR count). The van der Waals surface area contributed by atoms with E-state index in [1.165, 1.54) is 23.1 Å². The van der Waals surface area contributed by atoms with Crippen LogP contribution in [0.3, 0.4) is 0 Å². The summed E-state index contributed by atoms with van der Waals surface area (Å²) in [4.78, 5) is 12.8. The summed E-state index contributed by atoms with van der Waals surface area (Å²) in [6, 6.07) is 5.15. The van der Waals surface area contributed by atoms with E-state index >= 15 is 0 Å². The summed E-state index contributed by atoms with van der Waals surface area (Å²) >= 11 is 0. The van der Waals surface area contributed by atoms with E-state index in [4.69, 9.17) is 5.73 Å². The summed E-state index contributed by atoms with van der Waals surface area (Å²) in [6.07, 6.45) is 0.486. The molecule has 0 heterocycles. The highest BCUT2D eigenvalue weighted by molar-refractivity contribution is 7.91. The molecule has 20 heavy (non-hydrogen) atoms. The Labute approximate surface area is 118 Å². The van der Waals surface area contributed by atoms with Gasteiger partial charge in [0.15, 0.2) is 9.84 Å². The Morgan fingerprint density at radius 2 is 2.00 bits per heavy atom. The third-order valence-electron chi connectivity index (χ3n) is 2.88. The molecule has 0 radical (unpaired) electrons. The molecule has 0 atom stereocenters. The quantitative estimate of drug-likeness (QED) is 0.808. The van der Waals surface area contributed by atoms with Crippen molar-refractivity contribution >= 4 is 15.7 Å². The lowest BCUT2D eigenvalue weighted by molar-refractivity contribution is -0.129. The number of amides is 1. The first-order valence-electron chi connectivity index (χ1n) is 6.30. The molecule has 0 saturated carbocycles. The van der Waals surface area contributed by atoms with Crippen molar-refractivity contribution in [1.29, 1.82) is 0 Å². The predicted molar refractivity (Wildman–Crippen MR) is 74.4 cm³/mol. The molecule has 1 aromatic carbocycles. The summed E-state index contributed by atoms with van der Waals surface area (Å²) in [7, 11) is -2.20. The number of carbonyl (C=O) groups is 1. The summed E-state index contributed by atoms with van der Waals surface area (Å²) in [5.41, 5.74) is 5.34. The first-order valence-corrected chi connectivity index (χ1v) is 7.95. The van der Waals surface area contributed by atoms with Gasteiger partial charge >= 0.3 is 0 Å². The van der Waals surface area contributed by atoms with Crippen LogP contribution in [0.5, 0.6) is 0 Å². The molecular formula is C13H19FN2O3S. The number of hydrogen-bond donors (Lipinski definition) is 1. The third kappa shape index (κ3) is 4.57. The fraction of sp³-hybridized carbons (Fsp3) is 0.462. The van der Waals surface area contributed by atoms with E-state index in [1.807, 2.05) is 0 Å². The molecule has 0 unspecified atom stereocenters. The van der Waals surface area contributed by atoms with Crippen molar-refractivity contribution < 1.29 is 17.6 Å². The van der Waals surface area contributed by atoms with Crippen LogP contribution in [-0.4, -0.2) is 45.1 Å². The van der Waals surface area contributed by atoms with Crippen molar-refractivity contribution in [3.63, 3.8) is 0 Å². The second-order valence-electron chi connectivity index (χ2n) is 4.46. The second kappa shape index (κ2) is 7.35. The van der Waals surface area contributed by atoms with Crippen molar-refractivity contribution in [3.05, 3.63) is 30.1 Å². The Morgan fingerprint density at radius 3 is 2.60 bits per heavy atom. The van der Waals surface area contributed by atoms with Crippen LogP contribution in [0.15, 0.2) is 29.2 Å². The van der Waals surface area contributed by atoms with Crippen molar-refractivity contribution in [2.24, 2.45) is 5.73 Å². The molecule has 0 aromatic heterocycles. The molecule has 0 saturated heterocycles. The van der Waals surface area contributed by atoms with Gasteiger partial charge in [-0.15, -0.1) is 0 Å². The molecule has 0 spiro atoms. The molecule has 0 aliphatic heterocycles. The second-order valence-corrected chi connectivity index (χ2v) is 6.53. The van der Waals surface area contributed by atoms with Gasteiger partial charge in [-0.05, 0) is 25.1 Å². The van der Waals surface area contributed by atoms with Crippen LogP contribution in [0.1, 0.15) is 12.8 Å². The summed E-state index contributed by atoms with van der Waals surface area (Å²) in [5.74, 6) is -1.49. The Bertz CT molecular complexity index is 560. The minimum atomic E-state index is -3.79. The Hall–Kier alpha value is -1.47. The van der Waals surface area contributed by atoms with Crippen LogP contribution >= 0.6 is 0 Å². The molecule has 2 N–H and O–H groups in total. The molecule has 5 nitrogen and oxygen atoms in total. The molecule has 1 aromatic rings. The summed E-state index contributed by atoms with van der Waals surface area (Å²) in [5, 5.41) is 0. The molecule has 0 fully saturated rings. The maximum Gasteiger partial charge on any atom is 0.223 e. The SMILES string of the molecule is CN(CCCN)C(=O)CCS(=O)(=O)c1ccccc1F. The van der Waals surface area contributed by atoms with Crippen LogP contribution < -0.4 is 5.73 Å². The van der Waals surface area contributed by atoms with E-state index in [2.05, 4.69) is 0 Å². The first kappa shape index (κ1) is 16.6. The Morgan fingerprint density at radius 1 is 1.35 bits per heavy atom. The molecule has 0 bridgehead atoms. The van der Waals surface area contributed by atoms with Gasteiger partial charge in [0, 0.05) is 20.0 Å². The van der Waals surface area contributed by atoms with Gasteiger partial charge in [-0.25, -0.2) is 12.8 Å². The van der Waals surface area contributed by atoms with Crippen molar-refractivity contribution in [2.45, 2.75) is 17.7 Å². The summed E-state index contributed by atoms with van der Waals surface area (Å²) in [6.45, 7) is 0.945. The normalized spacial score (nSPS) is 11.3. The van der Waals surface area contributed by atoms with Crippen molar-refractivity contribution in [1.82, 2.24) is 4.90 Å². The average molecular weight is 302 g/mol. The lowest BCUT2D eigenvalue weighted by Crippen LogP contribution is -2.30. The largest absolute Gasteiger partial charge is 0.346 e. The smallest absolute Gasteiger partial charge is 0.223 e. The van der Waals surface area contributed by atoms with Crippen molar-refractivity contribution in [3.8, 4) is 0 Å². The molecule has 0 aliphatic carbocycles. The van der Waals surface area contributed by atoms with Gasteiger partial charge in [0.05, 0.1) is 5.75 Å². The van der Waals surface area contributed by atoms with Gasteiger partial charge in [0.25, 0.3) is 0 Å². The number of nitrogens with two attached hydrogens (primary N) is 1. The Balaban J connectivity index is 2.65. The fourth-order valence-electron chi connectivity index (χ4n) is 1.67. The van der Waals surface area contributed by atoms with E-state index < -0.39 is 21.4 Å². The van der Waals surface area contributed by atoms with E-state index in [1.54, 1.807) is 7.05 Å². The zero-order valence-corrected chi connectivity index (χ0v) is 12.2. The number of sulfone groups is 1. The minimum absolute atomic E-state index is 0.169. The number of hydrogen-bond acceptors (Lipinski definition) is 4. The highest BCUT2D eigenvalue weighted by atomic mass is 32.2. The number of benzene rings is 1. The van der Waals surface area contributed by atoms with Crippen LogP contribution in [0.4, 0.5) is 4.39 Å². The van der Waals surface area contributed by atoms with E-state index in [-0.39, 0.29) is 17.2 Å². The number of carbonyl (C=O) groups excluding carboxylic acids is 1. The van der Waals surface area contributed by atoms with Crippen LogP contribution in [0.2, 0.25) is 0 Å². The lowest BCUT2D eigenvalue weighted by atomic mass is 10.3. The van der Waals surface area contributed by atoms with Gasteiger partial charge in [-0.1, -0.05) is 12.1 Å². The lowest BCUT2D eigenvalue weighted by Gasteiger charge is -2.16. The Kier molecular flexibility index (Phi) is 6.09. The van der Waals surface area contributed by atoms with Crippen molar-refractivity contribution in [2.75, 3.05) is 25.9 Å². The van der Waals surface area contributed by atoms with E-state index in [0.29, 0.717) is 19.5 Å². The van der Waals surface area contributed by atoms with Gasteiger partial charge in [-0.3, -0.25) is 4.79 Å². The van der Waals surface area contributed by atoms with Gasteiger partial charge < -0.3 is 10.6 Å². The molecular weight excluding hydrogens is 283 g/mol.